The van der Waals surface area contributed by atoms with Crippen molar-refractivity contribution in [3.05, 3.63) is 47.5 Å². The van der Waals surface area contributed by atoms with Gasteiger partial charge >= 0.3 is 5.97 Å². The van der Waals surface area contributed by atoms with E-state index in [0.717, 1.165) is 0 Å². The highest BCUT2D eigenvalue weighted by molar-refractivity contribution is 6.31. The van der Waals surface area contributed by atoms with Crippen LogP contribution in [0.2, 0.25) is 5.02 Å². The van der Waals surface area contributed by atoms with Gasteiger partial charge in [-0.15, -0.1) is 6.58 Å². The molecular formula is C13H15ClN2O3. The van der Waals surface area contributed by atoms with E-state index in [-0.39, 0.29) is 11.4 Å². The molecule has 0 aliphatic rings. The number of carboxylic acids is 1. The van der Waals surface area contributed by atoms with Gasteiger partial charge < -0.3 is 16.2 Å². The molecule has 0 saturated carbocycles. The first-order chi connectivity index (χ1) is 8.97. The van der Waals surface area contributed by atoms with Crippen LogP contribution in [0.3, 0.4) is 0 Å². The SMILES string of the molecule is C=CCC(N)C(=O)N[C@@H](C(=O)O)c1ccccc1Cl. The summed E-state index contributed by atoms with van der Waals surface area (Å²) in [5, 5.41) is 11.8. The van der Waals surface area contributed by atoms with E-state index in [1.165, 1.54) is 6.08 Å². The first kappa shape index (κ1) is 15.2. The molecule has 0 aliphatic carbocycles. The minimum atomic E-state index is -1.22. The molecule has 102 valence electrons. The number of rotatable bonds is 6. The molecule has 1 rings (SSSR count). The Morgan fingerprint density at radius 1 is 1.47 bits per heavy atom. The van der Waals surface area contributed by atoms with Crippen LogP contribution in [-0.2, 0) is 9.59 Å². The fourth-order valence-corrected chi connectivity index (χ4v) is 1.76. The van der Waals surface area contributed by atoms with Crippen molar-refractivity contribution in [1.29, 1.82) is 0 Å². The third-order valence-corrected chi connectivity index (χ3v) is 2.85. The molecule has 0 radical (unpaired) electrons. The van der Waals surface area contributed by atoms with Crippen LogP contribution in [0.4, 0.5) is 0 Å². The molecule has 2 atom stereocenters. The number of carbonyl (C=O) groups is 2. The van der Waals surface area contributed by atoms with Gasteiger partial charge in [-0.1, -0.05) is 35.9 Å². The molecule has 0 aliphatic heterocycles. The topological polar surface area (TPSA) is 92.4 Å². The number of aliphatic carboxylic acids is 1. The van der Waals surface area contributed by atoms with Crippen LogP contribution in [0.25, 0.3) is 0 Å². The summed E-state index contributed by atoms with van der Waals surface area (Å²) in [6, 6.07) is 4.37. The number of hydrogen-bond acceptors (Lipinski definition) is 3. The number of hydrogen-bond donors (Lipinski definition) is 3. The molecule has 0 spiro atoms. The van der Waals surface area contributed by atoms with Gasteiger partial charge in [0, 0.05) is 10.6 Å². The summed E-state index contributed by atoms with van der Waals surface area (Å²) >= 11 is 5.93. The van der Waals surface area contributed by atoms with Crippen LogP contribution in [0.1, 0.15) is 18.0 Å². The van der Waals surface area contributed by atoms with Gasteiger partial charge in [0.2, 0.25) is 5.91 Å². The van der Waals surface area contributed by atoms with E-state index in [2.05, 4.69) is 11.9 Å². The van der Waals surface area contributed by atoms with E-state index in [1.807, 2.05) is 0 Å². The highest BCUT2D eigenvalue weighted by Crippen LogP contribution is 2.22. The highest BCUT2D eigenvalue weighted by Gasteiger charge is 2.25. The largest absolute Gasteiger partial charge is 0.479 e. The molecule has 1 aromatic carbocycles. The second-order valence-electron chi connectivity index (χ2n) is 3.93. The Bertz CT molecular complexity index is 491. The molecule has 6 heteroatoms. The van der Waals surface area contributed by atoms with Crippen LogP contribution >= 0.6 is 11.6 Å². The average Bonchev–Trinajstić information content (AvgIpc) is 2.36. The Hall–Kier alpha value is -1.85. The maximum absolute atomic E-state index is 11.7. The van der Waals surface area contributed by atoms with Crippen LogP contribution in [0.5, 0.6) is 0 Å². The lowest BCUT2D eigenvalue weighted by atomic mass is 10.1. The fraction of sp³-hybridized carbons (Fsp3) is 0.231. The molecule has 4 N–H and O–H groups in total. The highest BCUT2D eigenvalue weighted by atomic mass is 35.5. The monoisotopic (exact) mass is 282 g/mol. The van der Waals surface area contributed by atoms with E-state index < -0.39 is 24.0 Å². The lowest BCUT2D eigenvalue weighted by Gasteiger charge is -2.18. The van der Waals surface area contributed by atoms with Gasteiger partial charge in [0.25, 0.3) is 0 Å². The van der Waals surface area contributed by atoms with Crippen molar-refractivity contribution < 1.29 is 14.7 Å². The molecule has 1 amide bonds. The number of nitrogens with two attached hydrogens (primary N) is 1. The van der Waals surface area contributed by atoms with E-state index in [9.17, 15) is 14.7 Å². The second kappa shape index (κ2) is 6.92. The second-order valence-corrected chi connectivity index (χ2v) is 4.34. The van der Waals surface area contributed by atoms with Gasteiger partial charge in [-0.3, -0.25) is 4.79 Å². The molecule has 0 bridgehead atoms. The Morgan fingerprint density at radius 2 is 2.11 bits per heavy atom. The van der Waals surface area contributed by atoms with Crippen molar-refractivity contribution in [1.82, 2.24) is 5.32 Å². The lowest BCUT2D eigenvalue weighted by Crippen LogP contribution is -2.44. The van der Waals surface area contributed by atoms with Crippen molar-refractivity contribution in [3.8, 4) is 0 Å². The van der Waals surface area contributed by atoms with E-state index in [1.54, 1.807) is 24.3 Å². The van der Waals surface area contributed by atoms with Gasteiger partial charge in [0.1, 0.15) is 0 Å². The maximum Gasteiger partial charge on any atom is 0.330 e. The first-order valence-corrected chi connectivity index (χ1v) is 5.99. The summed E-state index contributed by atoms with van der Waals surface area (Å²) in [6.45, 7) is 3.47. The van der Waals surface area contributed by atoms with Gasteiger partial charge in [-0.2, -0.15) is 0 Å². The maximum atomic E-state index is 11.7. The summed E-state index contributed by atoms with van der Waals surface area (Å²) in [5.41, 5.74) is 5.90. The zero-order chi connectivity index (χ0) is 14.4. The molecule has 1 aromatic rings. The quantitative estimate of drug-likeness (QED) is 0.689. The van der Waals surface area contributed by atoms with Gasteiger partial charge in [-0.25, -0.2) is 4.79 Å². The molecule has 19 heavy (non-hydrogen) atoms. The predicted octanol–water partition coefficient (Wildman–Crippen LogP) is 1.49. The number of halogens is 1. The first-order valence-electron chi connectivity index (χ1n) is 5.61. The van der Waals surface area contributed by atoms with Gasteiger partial charge in [0.05, 0.1) is 6.04 Å². The summed E-state index contributed by atoms with van der Waals surface area (Å²) in [4.78, 5) is 23.0. The Balaban J connectivity index is 2.92. The molecule has 0 aromatic heterocycles. The molecule has 0 fully saturated rings. The molecule has 0 saturated heterocycles. The van der Waals surface area contributed by atoms with Crippen molar-refractivity contribution in [2.45, 2.75) is 18.5 Å². The van der Waals surface area contributed by atoms with Crippen molar-refractivity contribution in [2.24, 2.45) is 5.73 Å². The van der Waals surface area contributed by atoms with Crippen molar-refractivity contribution >= 4 is 23.5 Å². The van der Waals surface area contributed by atoms with E-state index >= 15 is 0 Å². The number of benzene rings is 1. The predicted molar refractivity (Wildman–Crippen MR) is 72.8 cm³/mol. The summed E-state index contributed by atoms with van der Waals surface area (Å²) in [5.74, 6) is -1.76. The summed E-state index contributed by atoms with van der Waals surface area (Å²) in [6.07, 6.45) is 1.76. The molecule has 0 heterocycles. The van der Waals surface area contributed by atoms with Gasteiger partial charge in [-0.05, 0) is 12.5 Å². The number of carboxylic acid groups (broad SMARTS) is 1. The minimum Gasteiger partial charge on any atom is -0.479 e. The van der Waals surface area contributed by atoms with Crippen molar-refractivity contribution in [2.75, 3.05) is 0 Å². The van der Waals surface area contributed by atoms with Crippen LogP contribution in [0, 0.1) is 0 Å². The van der Waals surface area contributed by atoms with Crippen molar-refractivity contribution in [3.63, 3.8) is 0 Å². The third kappa shape index (κ3) is 4.08. The number of amides is 1. The van der Waals surface area contributed by atoms with Gasteiger partial charge in [0.15, 0.2) is 6.04 Å². The smallest absolute Gasteiger partial charge is 0.330 e. The third-order valence-electron chi connectivity index (χ3n) is 2.51. The van der Waals surface area contributed by atoms with E-state index in [4.69, 9.17) is 17.3 Å². The van der Waals surface area contributed by atoms with E-state index in [0.29, 0.717) is 5.56 Å². The Morgan fingerprint density at radius 3 is 2.63 bits per heavy atom. The zero-order valence-corrected chi connectivity index (χ0v) is 10.9. The van der Waals surface area contributed by atoms with Crippen LogP contribution in [-0.4, -0.2) is 23.0 Å². The normalized spacial score (nSPS) is 13.4. The Kier molecular flexibility index (Phi) is 5.54. The number of nitrogens with one attached hydrogen (secondary N) is 1. The Labute approximate surface area is 116 Å². The summed E-state index contributed by atoms with van der Waals surface area (Å²) < 4.78 is 0. The lowest BCUT2D eigenvalue weighted by molar-refractivity contribution is -0.142. The zero-order valence-electron chi connectivity index (χ0n) is 10.2. The van der Waals surface area contributed by atoms with Crippen LogP contribution in [0.15, 0.2) is 36.9 Å². The fourth-order valence-electron chi connectivity index (χ4n) is 1.52. The molecule has 1 unspecified atom stereocenters. The number of carbonyl (C=O) groups excluding carboxylic acids is 1. The molecular weight excluding hydrogens is 268 g/mol. The molecule has 5 nitrogen and oxygen atoms in total. The minimum absolute atomic E-state index is 0.265. The average molecular weight is 283 g/mol. The van der Waals surface area contributed by atoms with Crippen LogP contribution < -0.4 is 11.1 Å². The summed E-state index contributed by atoms with van der Waals surface area (Å²) in [7, 11) is 0. The standard InChI is InChI=1S/C13H15ClN2O3/c1-2-5-10(15)12(17)16-11(13(18)19)8-6-3-4-7-9(8)14/h2-4,6-7,10-11H,1,5,15H2,(H,16,17)(H,18,19)/t10?,11-/m1/s1.